The van der Waals surface area contributed by atoms with E-state index in [1.165, 1.54) is 18.4 Å². The monoisotopic (exact) mass is 296 g/mol. The van der Waals surface area contributed by atoms with Gasteiger partial charge < -0.3 is 4.42 Å². The predicted octanol–water partition coefficient (Wildman–Crippen LogP) is 3.49. The maximum absolute atomic E-state index is 11.9. The van der Waals surface area contributed by atoms with Crippen LogP contribution in [0.1, 0.15) is 16.1 Å². The molecule has 2 rings (SSSR count). The van der Waals surface area contributed by atoms with Crippen molar-refractivity contribution in [2.45, 2.75) is 0 Å². The van der Waals surface area contributed by atoms with E-state index in [1.54, 1.807) is 18.2 Å². The SMILES string of the molecule is C=C(NNC(=O)c1ccc(Cl)cc1Cl)c1ccco1. The lowest BCUT2D eigenvalue weighted by atomic mass is 10.2. The normalized spacial score (nSPS) is 10.0. The summed E-state index contributed by atoms with van der Waals surface area (Å²) in [6.07, 6.45) is 1.51. The molecule has 1 aromatic carbocycles. The van der Waals surface area contributed by atoms with Crippen LogP contribution in [0.2, 0.25) is 10.0 Å². The van der Waals surface area contributed by atoms with Gasteiger partial charge in [-0.2, -0.15) is 0 Å². The topological polar surface area (TPSA) is 54.3 Å². The first-order valence-corrected chi connectivity index (χ1v) is 6.07. The molecule has 0 radical (unpaired) electrons. The van der Waals surface area contributed by atoms with E-state index in [-0.39, 0.29) is 5.02 Å². The van der Waals surface area contributed by atoms with Crippen molar-refractivity contribution in [3.63, 3.8) is 0 Å². The first-order valence-electron chi connectivity index (χ1n) is 5.32. The zero-order valence-electron chi connectivity index (χ0n) is 9.74. The largest absolute Gasteiger partial charge is 0.463 e. The standard InChI is InChI=1S/C13H10Cl2N2O2/c1-8(12-3-2-6-19-12)16-17-13(18)10-5-4-9(14)7-11(10)15/h2-7,16H,1H2,(H,17,18). The molecule has 2 aromatic rings. The molecule has 0 saturated heterocycles. The van der Waals surface area contributed by atoms with Crippen molar-refractivity contribution >= 4 is 34.8 Å². The van der Waals surface area contributed by atoms with E-state index in [0.717, 1.165) is 0 Å². The van der Waals surface area contributed by atoms with Crippen molar-refractivity contribution in [2.24, 2.45) is 0 Å². The zero-order valence-corrected chi connectivity index (χ0v) is 11.3. The fourth-order valence-electron chi connectivity index (χ4n) is 1.39. The fourth-order valence-corrected chi connectivity index (χ4v) is 1.88. The number of halogens is 2. The van der Waals surface area contributed by atoms with Gasteiger partial charge in [0, 0.05) is 5.02 Å². The Bertz CT molecular complexity index is 609. The Labute approximate surface area is 120 Å². The molecule has 0 aliphatic rings. The second-order valence-electron chi connectivity index (χ2n) is 3.66. The van der Waals surface area contributed by atoms with Crippen LogP contribution in [0.5, 0.6) is 0 Å². The van der Waals surface area contributed by atoms with E-state index in [0.29, 0.717) is 22.0 Å². The Kier molecular flexibility index (Phi) is 4.14. The fraction of sp³-hybridized carbons (Fsp3) is 0. The molecule has 1 aromatic heterocycles. The van der Waals surface area contributed by atoms with Crippen LogP contribution in [-0.4, -0.2) is 5.91 Å². The van der Waals surface area contributed by atoms with Crippen LogP contribution in [-0.2, 0) is 0 Å². The highest BCUT2D eigenvalue weighted by Crippen LogP contribution is 2.20. The van der Waals surface area contributed by atoms with Crippen molar-refractivity contribution in [2.75, 3.05) is 0 Å². The summed E-state index contributed by atoms with van der Waals surface area (Å²) in [5.74, 6) is 0.136. The summed E-state index contributed by atoms with van der Waals surface area (Å²) < 4.78 is 5.12. The summed E-state index contributed by atoms with van der Waals surface area (Å²) in [4.78, 5) is 11.9. The van der Waals surface area contributed by atoms with E-state index in [1.807, 2.05) is 0 Å². The van der Waals surface area contributed by atoms with Gasteiger partial charge in [-0.15, -0.1) is 0 Å². The van der Waals surface area contributed by atoms with Gasteiger partial charge >= 0.3 is 0 Å². The van der Waals surface area contributed by atoms with Crippen molar-refractivity contribution in [3.8, 4) is 0 Å². The zero-order chi connectivity index (χ0) is 13.8. The molecule has 1 heterocycles. The third-order valence-corrected chi connectivity index (χ3v) is 2.87. The smallest absolute Gasteiger partial charge is 0.271 e. The Morgan fingerprint density at radius 1 is 1.21 bits per heavy atom. The second-order valence-corrected chi connectivity index (χ2v) is 4.50. The minimum absolute atomic E-state index is 0.274. The molecule has 0 spiro atoms. The van der Waals surface area contributed by atoms with E-state index in [9.17, 15) is 4.79 Å². The summed E-state index contributed by atoms with van der Waals surface area (Å²) >= 11 is 11.7. The summed E-state index contributed by atoms with van der Waals surface area (Å²) in [6.45, 7) is 3.73. The number of hydrazine groups is 1. The van der Waals surface area contributed by atoms with Crippen molar-refractivity contribution in [1.29, 1.82) is 0 Å². The van der Waals surface area contributed by atoms with Crippen LogP contribution >= 0.6 is 23.2 Å². The molecular formula is C13H10Cl2N2O2. The Morgan fingerprint density at radius 3 is 2.63 bits per heavy atom. The average Bonchev–Trinajstić information content (AvgIpc) is 2.89. The van der Waals surface area contributed by atoms with E-state index in [2.05, 4.69) is 17.4 Å². The second kappa shape index (κ2) is 5.82. The lowest BCUT2D eigenvalue weighted by Gasteiger charge is -2.10. The van der Waals surface area contributed by atoms with Gasteiger partial charge in [0.2, 0.25) is 0 Å². The van der Waals surface area contributed by atoms with E-state index < -0.39 is 5.91 Å². The maximum atomic E-state index is 11.9. The molecule has 6 heteroatoms. The van der Waals surface area contributed by atoms with Gasteiger partial charge in [0.1, 0.15) is 0 Å². The van der Waals surface area contributed by atoms with Gasteiger partial charge in [0.25, 0.3) is 5.91 Å². The number of amides is 1. The summed E-state index contributed by atoms with van der Waals surface area (Å²) in [7, 11) is 0. The predicted molar refractivity (Wildman–Crippen MR) is 74.8 cm³/mol. The molecule has 0 aliphatic heterocycles. The Morgan fingerprint density at radius 2 is 2.00 bits per heavy atom. The Hall–Kier alpha value is -1.91. The van der Waals surface area contributed by atoms with E-state index in [4.69, 9.17) is 27.6 Å². The number of furan rings is 1. The lowest BCUT2D eigenvalue weighted by Crippen LogP contribution is -2.35. The highest BCUT2D eigenvalue weighted by atomic mass is 35.5. The number of carbonyl (C=O) groups is 1. The van der Waals surface area contributed by atoms with Gasteiger partial charge in [-0.1, -0.05) is 29.8 Å². The molecular weight excluding hydrogens is 287 g/mol. The van der Waals surface area contributed by atoms with Gasteiger partial charge in [0.15, 0.2) is 5.76 Å². The molecule has 1 amide bonds. The number of hydrogen-bond donors (Lipinski definition) is 2. The summed E-state index contributed by atoms with van der Waals surface area (Å²) in [5, 5.41) is 0.741. The molecule has 4 nitrogen and oxygen atoms in total. The quantitative estimate of drug-likeness (QED) is 0.849. The first-order chi connectivity index (χ1) is 9.08. The van der Waals surface area contributed by atoms with Crippen LogP contribution < -0.4 is 10.9 Å². The number of hydrogen-bond acceptors (Lipinski definition) is 3. The molecule has 0 fully saturated rings. The van der Waals surface area contributed by atoms with Gasteiger partial charge in [0.05, 0.1) is 22.5 Å². The number of rotatable bonds is 4. The van der Waals surface area contributed by atoms with Crippen LogP contribution in [0.15, 0.2) is 47.6 Å². The highest BCUT2D eigenvalue weighted by Gasteiger charge is 2.11. The molecule has 0 unspecified atom stereocenters. The molecule has 19 heavy (non-hydrogen) atoms. The first kappa shape index (κ1) is 13.5. The van der Waals surface area contributed by atoms with Gasteiger partial charge in [-0.05, 0) is 30.3 Å². The number of carbonyl (C=O) groups excluding carboxylic acids is 1. The maximum Gasteiger partial charge on any atom is 0.271 e. The van der Waals surface area contributed by atoms with Crippen molar-refractivity contribution < 1.29 is 9.21 Å². The molecule has 2 N–H and O–H groups in total. The summed E-state index contributed by atoms with van der Waals surface area (Å²) in [6, 6.07) is 8.07. The minimum atomic E-state index is -0.394. The third-order valence-electron chi connectivity index (χ3n) is 2.32. The minimum Gasteiger partial charge on any atom is -0.463 e. The molecule has 0 bridgehead atoms. The molecule has 0 saturated carbocycles. The average molecular weight is 297 g/mol. The number of nitrogens with one attached hydrogen (secondary N) is 2. The van der Waals surface area contributed by atoms with Gasteiger partial charge in [-0.3, -0.25) is 15.6 Å². The van der Waals surface area contributed by atoms with Gasteiger partial charge in [-0.25, -0.2) is 0 Å². The number of benzene rings is 1. The third kappa shape index (κ3) is 3.30. The molecule has 98 valence electrons. The van der Waals surface area contributed by atoms with Crippen LogP contribution in [0.3, 0.4) is 0 Å². The van der Waals surface area contributed by atoms with Crippen molar-refractivity contribution in [3.05, 3.63) is 64.5 Å². The highest BCUT2D eigenvalue weighted by molar-refractivity contribution is 6.36. The van der Waals surface area contributed by atoms with Crippen LogP contribution in [0.4, 0.5) is 0 Å². The summed E-state index contributed by atoms with van der Waals surface area (Å²) in [5.41, 5.74) is 5.86. The van der Waals surface area contributed by atoms with Crippen LogP contribution in [0, 0.1) is 0 Å². The van der Waals surface area contributed by atoms with Crippen molar-refractivity contribution in [1.82, 2.24) is 10.9 Å². The van der Waals surface area contributed by atoms with Crippen LogP contribution in [0.25, 0.3) is 5.70 Å². The lowest BCUT2D eigenvalue weighted by molar-refractivity contribution is 0.0942. The van der Waals surface area contributed by atoms with E-state index >= 15 is 0 Å². The molecule has 0 atom stereocenters. The Balaban J connectivity index is 2.00. The molecule has 0 aliphatic carbocycles.